The Morgan fingerprint density at radius 2 is 1.63 bits per heavy atom. The molecule has 0 fully saturated rings. The van der Waals surface area contributed by atoms with Gasteiger partial charge < -0.3 is 4.57 Å². The van der Waals surface area contributed by atoms with Gasteiger partial charge in [-0.05, 0) is 45.2 Å². The molecular formula is C22H25N5. The van der Waals surface area contributed by atoms with Gasteiger partial charge in [-0.2, -0.15) is 5.10 Å². The van der Waals surface area contributed by atoms with Crippen LogP contribution in [0.25, 0.3) is 16.9 Å². The van der Waals surface area contributed by atoms with Gasteiger partial charge in [0.2, 0.25) is 0 Å². The van der Waals surface area contributed by atoms with Crippen molar-refractivity contribution in [3.8, 4) is 11.3 Å². The fraction of sp³-hybridized carbons (Fsp3) is 0.318. The quantitative estimate of drug-likeness (QED) is 0.550. The van der Waals surface area contributed by atoms with Crippen LogP contribution in [0.3, 0.4) is 0 Å². The molecule has 0 atom stereocenters. The minimum Gasteiger partial charge on any atom is -0.337 e. The molecule has 0 radical (unpaired) electrons. The highest BCUT2D eigenvalue weighted by Gasteiger charge is 2.15. The first-order chi connectivity index (χ1) is 13.0. The number of nitrogens with zero attached hydrogens (tertiary/aromatic N) is 5. The van der Waals surface area contributed by atoms with Gasteiger partial charge in [0.1, 0.15) is 5.82 Å². The number of benzene rings is 1. The largest absolute Gasteiger partial charge is 0.337 e. The van der Waals surface area contributed by atoms with Crippen molar-refractivity contribution in [3.63, 3.8) is 0 Å². The van der Waals surface area contributed by atoms with Crippen LogP contribution in [0.2, 0.25) is 0 Å². The zero-order valence-corrected chi connectivity index (χ0v) is 16.6. The summed E-state index contributed by atoms with van der Waals surface area (Å²) in [6.07, 6.45) is 3.82. The van der Waals surface area contributed by atoms with Crippen molar-refractivity contribution in [2.24, 2.45) is 7.05 Å². The van der Waals surface area contributed by atoms with E-state index < -0.39 is 0 Å². The molecule has 0 amide bonds. The molecule has 138 valence electrons. The average Bonchev–Trinajstić information content (AvgIpc) is 3.18. The van der Waals surface area contributed by atoms with Crippen LogP contribution >= 0.6 is 0 Å². The van der Waals surface area contributed by atoms with Gasteiger partial charge in [0, 0.05) is 25.2 Å². The Bertz CT molecular complexity index is 1120. The number of hydrogen-bond acceptors (Lipinski definition) is 3. The van der Waals surface area contributed by atoms with Crippen molar-refractivity contribution in [2.45, 2.75) is 40.5 Å². The summed E-state index contributed by atoms with van der Waals surface area (Å²) in [5.74, 6) is 1.08. The molecule has 1 aromatic carbocycles. The fourth-order valence-corrected chi connectivity index (χ4v) is 3.50. The molecule has 3 aromatic heterocycles. The molecular weight excluding hydrogens is 334 g/mol. The van der Waals surface area contributed by atoms with Crippen molar-refractivity contribution < 1.29 is 0 Å². The Kier molecular flexibility index (Phi) is 4.30. The highest BCUT2D eigenvalue weighted by Crippen LogP contribution is 2.22. The molecule has 0 aliphatic carbocycles. The smallest absolute Gasteiger partial charge is 0.157 e. The maximum atomic E-state index is 4.88. The third-order valence-corrected chi connectivity index (χ3v) is 5.49. The maximum absolute atomic E-state index is 4.88. The number of imidazole rings is 2. The molecule has 0 aliphatic rings. The number of hydrogen-bond donors (Lipinski definition) is 0. The van der Waals surface area contributed by atoms with Crippen molar-refractivity contribution in [3.05, 3.63) is 70.6 Å². The van der Waals surface area contributed by atoms with E-state index in [1.807, 2.05) is 29.6 Å². The van der Waals surface area contributed by atoms with Crippen LogP contribution in [0.5, 0.6) is 0 Å². The topological polar surface area (TPSA) is 48.0 Å². The van der Waals surface area contributed by atoms with E-state index >= 15 is 0 Å². The Balaban J connectivity index is 1.63. The Hall–Kier alpha value is -2.95. The van der Waals surface area contributed by atoms with E-state index in [1.54, 1.807) is 0 Å². The molecule has 0 unspecified atom stereocenters. The van der Waals surface area contributed by atoms with Gasteiger partial charge >= 0.3 is 0 Å². The van der Waals surface area contributed by atoms with Crippen molar-refractivity contribution in [2.75, 3.05) is 0 Å². The molecule has 0 aliphatic heterocycles. The summed E-state index contributed by atoms with van der Waals surface area (Å²) in [7, 11) is 2.06. The van der Waals surface area contributed by atoms with Crippen LogP contribution < -0.4 is 0 Å². The monoisotopic (exact) mass is 359 g/mol. The number of aryl methyl sites for hydroxylation is 6. The highest BCUT2D eigenvalue weighted by atomic mass is 15.3. The van der Waals surface area contributed by atoms with Gasteiger partial charge in [0.05, 0.1) is 22.8 Å². The lowest BCUT2D eigenvalue weighted by Gasteiger charge is -2.10. The van der Waals surface area contributed by atoms with E-state index in [9.17, 15) is 0 Å². The molecule has 5 nitrogen and oxygen atoms in total. The predicted octanol–water partition coefficient (Wildman–Crippen LogP) is 4.15. The lowest BCUT2D eigenvalue weighted by molar-refractivity contribution is 0.734. The fourth-order valence-electron chi connectivity index (χ4n) is 3.50. The van der Waals surface area contributed by atoms with Gasteiger partial charge in [-0.1, -0.05) is 30.3 Å². The lowest BCUT2D eigenvalue weighted by Crippen LogP contribution is -2.08. The molecule has 0 bridgehead atoms. The van der Waals surface area contributed by atoms with Gasteiger partial charge in [-0.15, -0.1) is 0 Å². The highest BCUT2D eigenvalue weighted by molar-refractivity contribution is 5.58. The summed E-state index contributed by atoms with van der Waals surface area (Å²) in [6, 6.07) is 10.3. The average molecular weight is 359 g/mol. The molecule has 0 spiro atoms. The number of fused-ring (bicyclic) bond motifs is 1. The van der Waals surface area contributed by atoms with E-state index in [-0.39, 0.29) is 0 Å². The van der Waals surface area contributed by atoms with Crippen LogP contribution in [-0.2, 0) is 19.9 Å². The van der Waals surface area contributed by atoms with Gasteiger partial charge in [0.25, 0.3) is 0 Å². The minimum atomic E-state index is 0.856. The second-order valence-electron chi connectivity index (χ2n) is 7.23. The van der Waals surface area contributed by atoms with Gasteiger partial charge in [-0.3, -0.25) is 0 Å². The van der Waals surface area contributed by atoms with Crippen LogP contribution in [-0.4, -0.2) is 24.1 Å². The molecule has 3 heterocycles. The maximum Gasteiger partial charge on any atom is 0.157 e. The molecule has 5 heteroatoms. The van der Waals surface area contributed by atoms with Crippen molar-refractivity contribution >= 4 is 5.65 Å². The van der Waals surface area contributed by atoms with E-state index in [2.05, 4.69) is 55.7 Å². The van der Waals surface area contributed by atoms with E-state index in [4.69, 9.17) is 10.1 Å². The molecule has 4 aromatic rings. The number of aromatic nitrogens is 5. The second kappa shape index (κ2) is 6.65. The third-order valence-electron chi connectivity index (χ3n) is 5.49. The first-order valence-electron chi connectivity index (χ1n) is 9.35. The first kappa shape index (κ1) is 17.5. The van der Waals surface area contributed by atoms with Crippen LogP contribution in [0.4, 0.5) is 0 Å². The van der Waals surface area contributed by atoms with E-state index in [1.165, 1.54) is 11.1 Å². The normalized spacial score (nSPS) is 11.4. The molecule has 0 saturated heterocycles. The van der Waals surface area contributed by atoms with E-state index in [0.29, 0.717) is 0 Å². The Labute approximate surface area is 159 Å². The summed E-state index contributed by atoms with van der Waals surface area (Å²) < 4.78 is 4.11. The Morgan fingerprint density at radius 3 is 2.37 bits per heavy atom. The summed E-state index contributed by atoms with van der Waals surface area (Å²) in [5.41, 5.74) is 8.84. The predicted molar refractivity (Wildman–Crippen MR) is 108 cm³/mol. The molecule has 0 saturated carbocycles. The summed E-state index contributed by atoms with van der Waals surface area (Å²) >= 11 is 0. The SMILES string of the molecule is Cc1nc2c(C)c(C)c(CCc3nc(-c4ccccc4)cn3C)nn2c1C. The van der Waals surface area contributed by atoms with Crippen LogP contribution in [0.15, 0.2) is 36.5 Å². The third kappa shape index (κ3) is 3.03. The molecule has 27 heavy (non-hydrogen) atoms. The van der Waals surface area contributed by atoms with Crippen LogP contribution in [0, 0.1) is 27.7 Å². The lowest BCUT2D eigenvalue weighted by atomic mass is 10.1. The number of rotatable bonds is 4. The van der Waals surface area contributed by atoms with Crippen molar-refractivity contribution in [1.82, 2.24) is 24.1 Å². The molecule has 0 N–H and O–H groups in total. The second-order valence-corrected chi connectivity index (χ2v) is 7.23. The zero-order chi connectivity index (χ0) is 19.1. The van der Waals surface area contributed by atoms with Gasteiger partial charge in [-0.25, -0.2) is 14.5 Å². The Morgan fingerprint density at radius 1 is 0.889 bits per heavy atom. The summed E-state index contributed by atoms with van der Waals surface area (Å²) in [6.45, 7) is 8.39. The van der Waals surface area contributed by atoms with E-state index in [0.717, 1.165) is 52.7 Å². The van der Waals surface area contributed by atoms with Crippen LogP contribution in [0.1, 0.15) is 34.0 Å². The first-order valence-corrected chi connectivity index (χ1v) is 9.35. The summed E-state index contributed by atoms with van der Waals surface area (Å²) in [5, 5.41) is 4.88. The molecule has 4 rings (SSSR count). The minimum absolute atomic E-state index is 0.856. The zero-order valence-electron chi connectivity index (χ0n) is 16.6. The standard InChI is InChI=1S/C22H25N5/c1-14-15(2)22-23-16(3)17(4)27(22)25-19(14)11-12-21-24-20(13-26(21)5)18-9-7-6-8-10-18/h6-10,13H,11-12H2,1-5H3. The summed E-state index contributed by atoms with van der Waals surface area (Å²) in [4.78, 5) is 9.51. The van der Waals surface area contributed by atoms with Crippen molar-refractivity contribution in [1.29, 1.82) is 0 Å². The van der Waals surface area contributed by atoms with Gasteiger partial charge in [0.15, 0.2) is 5.65 Å².